The van der Waals surface area contributed by atoms with E-state index in [9.17, 15) is 0 Å². The van der Waals surface area contributed by atoms with Gasteiger partial charge in [-0.05, 0) is 29.8 Å². The Kier molecular flexibility index (Phi) is 6.38. The Morgan fingerprint density at radius 3 is 2.65 bits per heavy atom. The van der Waals surface area contributed by atoms with Crippen molar-refractivity contribution in [1.29, 1.82) is 0 Å². The molecule has 0 radical (unpaired) electrons. The molecule has 0 bridgehead atoms. The summed E-state index contributed by atoms with van der Waals surface area (Å²) in [5.41, 5.74) is 1.97. The van der Waals surface area contributed by atoms with Crippen LogP contribution < -0.4 is 14.8 Å². The number of nitrogens with zero attached hydrogens (tertiary/aromatic N) is 1. The Balaban J connectivity index is 1.69. The minimum absolute atomic E-state index is 0.635. The second kappa shape index (κ2) is 8.73. The Morgan fingerprint density at radius 2 is 1.92 bits per heavy atom. The van der Waals surface area contributed by atoms with E-state index in [1.54, 1.807) is 31.6 Å². The Bertz CT molecular complexity index is 899. The summed E-state index contributed by atoms with van der Waals surface area (Å²) in [6.45, 7) is 1.29. The van der Waals surface area contributed by atoms with E-state index < -0.39 is 0 Å². The van der Waals surface area contributed by atoms with Crippen LogP contribution in [0.25, 0.3) is 10.4 Å². The maximum absolute atomic E-state index is 6.19. The normalized spacial score (nSPS) is 10.8. The molecular formula is C19H18Cl2N2O2S. The van der Waals surface area contributed by atoms with Gasteiger partial charge in [-0.1, -0.05) is 35.3 Å². The van der Waals surface area contributed by atoms with Gasteiger partial charge in [-0.15, -0.1) is 11.3 Å². The predicted molar refractivity (Wildman–Crippen MR) is 108 cm³/mol. The lowest BCUT2D eigenvalue weighted by molar-refractivity contribution is 0.356. The monoisotopic (exact) mass is 408 g/mol. The van der Waals surface area contributed by atoms with Crippen LogP contribution in [0.2, 0.25) is 10.0 Å². The minimum atomic E-state index is 0.635. The smallest absolute Gasteiger partial charge is 0.169 e. The molecule has 3 aromatic rings. The zero-order valence-corrected chi connectivity index (χ0v) is 16.7. The van der Waals surface area contributed by atoms with Crippen LogP contribution in [0, 0.1) is 0 Å². The largest absolute Gasteiger partial charge is 0.493 e. The van der Waals surface area contributed by atoms with Crippen molar-refractivity contribution < 1.29 is 9.47 Å². The summed E-state index contributed by atoms with van der Waals surface area (Å²) >= 11 is 13.7. The fraction of sp³-hybridized carbons (Fsp3) is 0.211. The van der Waals surface area contributed by atoms with Crippen LogP contribution >= 0.6 is 34.5 Å². The van der Waals surface area contributed by atoms with Gasteiger partial charge < -0.3 is 14.8 Å². The molecule has 0 saturated heterocycles. The van der Waals surface area contributed by atoms with Gasteiger partial charge in [0.25, 0.3) is 0 Å². The third kappa shape index (κ3) is 4.30. The molecule has 1 N–H and O–H groups in total. The standard InChI is InChI=1S/C19H18Cl2N2O2S/c1-24-16-5-3-4-14(19(16)25-2)17-10-23-18(26-17)11-22-9-12-6-7-13(20)8-15(12)21/h3-8,10,22H,9,11H2,1-2H3. The van der Waals surface area contributed by atoms with Crippen LogP contribution in [-0.2, 0) is 13.1 Å². The van der Waals surface area contributed by atoms with Gasteiger partial charge in [0.1, 0.15) is 5.01 Å². The second-order valence-corrected chi connectivity index (χ2v) is 7.46. The highest BCUT2D eigenvalue weighted by Crippen LogP contribution is 2.39. The molecule has 0 aliphatic carbocycles. The lowest BCUT2D eigenvalue weighted by Gasteiger charge is -2.10. The topological polar surface area (TPSA) is 43.4 Å². The first kappa shape index (κ1) is 19.0. The first-order chi connectivity index (χ1) is 12.6. The number of hydrogen-bond donors (Lipinski definition) is 1. The lowest BCUT2D eigenvalue weighted by Crippen LogP contribution is -2.12. The third-order valence-corrected chi connectivity index (χ3v) is 5.45. The summed E-state index contributed by atoms with van der Waals surface area (Å²) in [6, 6.07) is 11.3. The fourth-order valence-corrected chi connectivity index (χ4v) is 3.95. The molecule has 3 rings (SSSR count). The fourth-order valence-electron chi connectivity index (χ4n) is 2.57. The average Bonchev–Trinajstić information content (AvgIpc) is 3.11. The van der Waals surface area contributed by atoms with Crippen molar-refractivity contribution in [2.45, 2.75) is 13.1 Å². The van der Waals surface area contributed by atoms with Crippen LogP contribution in [0.3, 0.4) is 0 Å². The van der Waals surface area contributed by atoms with Gasteiger partial charge in [0.2, 0.25) is 0 Å². The van der Waals surface area contributed by atoms with Crippen molar-refractivity contribution in [3.8, 4) is 21.9 Å². The highest BCUT2D eigenvalue weighted by Gasteiger charge is 2.14. The number of aromatic nitrogens is 1. The lowest BCUT2D eigenvalue weighted by atomic mass is 10.1. The average molecular weight is 409 g/mol. The molecule has 1 heterocycles. The van der Waals surface area contributed by atoms with Crippen molar-refractivity contribution in [1.82, 2.24) is 10.3 Å². The van der Waals surface area contributed by atoms with Crippen LogP contribution in [0.1, 0.15) is 10.6 Å². The Hall–Kier alpha value is -1.79. The molecule has 2 aromatic carbocycles. The maximum Gasteiger partial charge on any atom is 0.169 e. The molecule has 26 heavy (non-hydrogen) atoms. The first-order valence-corrected chi connectivity index (χ1v) is 9.50. The number of ether oxygens (including phenoxy) is 2. The van der Waals surface area contributed by atoms with E-state index in [0.29, 0.717) is 34.6 Å². The van der Waals surface area contributed by atoms with Crippen molar-refractivity contribution >= 4 is 34.5 Å². The molecule has 0 aliphatic rings. The van der Waals surface area contributed by atoms with Gasteiger partial charge in [0, 0.05) is 34.9 Å². The molecule has 136 valence electrons. The van der Waals surface area contributed by atoms with Crippen molar-refractivity contribution in [3.05, 3.63) is 63.2 Å². The van der Waals surface area contributed by atoms with Crippen LogP contribution in [-0.4, -0.2) is 19.2 Å². The number of para-hydroxylation sites is 1. The van der Waals surface area contributed by atoms with E-state index >= 15 is 0 Å². The van der Waals surface area contributed by atoms with Crippen LogP contribution in [0.15, 0.2) is 42.6 Å². The third-order valence-electron chi connectivity index (χ3n) is 3.83. The first-order valence-electron chi connectivity index (χ1n) is 7.93. The van der Waals surface area contributed by atoms with Gasteiger partial charge in [0.15, 0.2) is 11.5 Å². The number of halogens is 2. The van der Waals surface area contributed by atoms with E-state index in [2.05, 4.69) is 10.3 Å². The summed E-state index contributed by atoms with van der Waals surface area (Å²) in [5.74, 6) is 1.42. The minimum Gasteiger partial charge on any atom is -0.493 e. The Morgan fingerprint density at radius 1 is 1.08 bits per heavy atom. The predicted octanol–water partition coefficient (Wildman–Crippen LogP) is 5.42. The summed E-state index contributed by atoms with van der Waals surface area (Å²) in [4.78, 5) is 5.53. The summed E-state index contributed by atoms with van der Waals surface area (Å²) < 4.78 is 10.9. The van der Waals surface area contributed by atoms with Crippen molar-refractivity contribution in [3.63, 3.8) is 0 Å². The molecule has 0 atom stereocenters. The Labute approximate surface area is 166 Å². The molecule has 0 amide bonds. The van der Waals surface area contributed by atoms with Gasteiger partial charge in [-0.3, -0.25) is 0 Å². The van der Waals surface area contributed by atoms with Crippen molar-refractivity contribution in [2.75, 3.05) is 14.2 Å². The van der Waals surface area contributed by atoms with E-state index in [4.69, 9.17) is 32.7 Å². The van der Waals surface area contributed by atoms with Crippen LogP contribution in [0.4, 0.5) is 0 Å². The highest BCUT2D eigenvalue weighted by molar-refractivity contribution is 7.15. The number of benzene rings is 2. The molecule has 7 heteroatoms. The quantitative estimate of drug-likeness (QED) is 0.566. The van der Waals surface area contributed by atoms with E-state index in [0.717, 1.165) is 21.0 Å². The molecule has 0 fully saturated rings. The molecule has 0 unspecified atom stereocenters. The second-order valence-electron chi connectivity index (χ2n) is 5.50. The van der Waals surface area contributed by atoms with Crippen molar-refractivity contribution in [2.24, 2.45) is 0 Å². The molecule has 4 nitrogen and oxygen atoms in total. The zero-order valence-electron chi connectivity index (χ0n) is 14.4. The van der Waals surface area contributed by atoms with Gasteiger partial charge in [0.05, 0.1) is 19.1 Å². The zero-order chi connectivity index (χ0) is 18.5. The molecule has 0 saturated carbocycles. The van der Waals surface area contributed by atoms with E-state index in [1.165, 1.54) is 0 Å². The molecule has 0 spiro atoms. The summed E-state index contributed by atoms with van der Waals surface area (Å²) in [5, 5.41) is 5.63. The number of nitrogens with one attached hydrogen (secondary N) is 1. The summed E-state index contributed by atoms with van der Waals surface area (Å²) in [7, 11) is 3.27. The maximum atomic E-state index is 6.19. The van der Waals surface area contributed by atoms with Gasteiger partial charge in [-0.25, -0.2) is 4.98 Å². The number of hydrogen-bond acceptors (Lipinski definition) is 5. The molecule has 1 aromatic heterocycles. The molecule has 0 aliphatic heterocycles. The van der Waals surface area contributed by atoms with E-state index in [-0.39, 0.29) is 0 Å². The van der Waals surface area contributed by atoms with Gasteiger partial charge >= 0.3 is 0 Å². The van der Waals surface area contributed by atoms with E-state index in [1.807, 2.05) is 36.5 Å². The summed E-state index contributed by atoms with van der Waals surface area (Å²) in [6.07, 6.45) is 1.86. The highest BCUT2D eigenvalue weighted by atomic mass is 35.5. The number of rotatable bonds is 7. The van der Waals surface area contributed by atoms with Crippen LogP contribution in [0.5, 0.6) is 11.5 Å². The number of methoxy groups -OCH3 is 2. The molecular weight excluding hydrogens is 391 g/mol. The SMILES string of the molecule is COc1cccc(-c2cnc(CNCc3ccc(Cl)cc3Cl)s2)c1OC. The number of thiazole rings is 1. The van der Waals surface area contributed by atoms with Gasteiger partial charge in [-0.2, -0.15) is 0 Å².